The quantitative estimate of drug-likeness (QED) is 0.578. The first kappa shape index (κ1) is 23.5. The van der Waals surface area contributed by atoms with Crippen LogP contribution < -0.4 is 11.1 Å². The SMILES string of the molecule is CCn1ncc(Cl)c1C1=C(Cl)C=C(C(=O)N[C@H](CN)Cc2ccc(F)c(F)c2)C(=S)C1. The van der Waals surface area contributed by atoms with Crippen LogP contribution in [-0.2, 0) is 17.8 Å². The van der Waals surface area contributed by atoms with Crippen LogP contribution in [0.5, 0.6) is 0 Å². The molecule has 1 atom stereocenters. The van der Waals surface area contributed by atoms with Crippen LogP contribution in [0, 0.1) is 11.6 Å². The number of thiocarbonyl (C=S) groups is 1. The van der Waals surface area contributed by atoms with Gasteiger partial charge in [0.2, 0.25) is 0 Å². The second-order valence-electron chi connectivity index (χ2n) is 7.00. The van der Waals surface area contributed by atoms with Gasteiger partial charge in [-0.15, -0.1) is 0 Å². The lowest BCUT2D eigenvalue weighted by atomic mass is 9.94. The Hall–Kier alpha value is -2.13. The molecule has 2 aromatic rings. The maximum absolute atomic E-state index is 13.5. The van der Waals surface area contributed by atoms with Gasteiger partial charge in [0.05, 0.1) is 22.5 Å². The molecule has 10 heteroatoms. The van der Waals surface area contributed by atoms with Crippen molar-refractivity contribution in [3.05, 3.63) is 69.0 Å². The number of aromatic nitrogens is 2. The smallest absolute Gasteiger partial charge is 0.252 e. The van der Waals surface area contributed by atoms with E-state index in [0.29, 0.717) is 38.3 Å². The molecule has 1 amide bonds. The van der Waals surface area contributed by atoms with Crippen molar-refractivity contribution in [1.29, 1.82) is 0 Å². The van der Waals surface area contributed by atoms with Crippen molar-refractivity contribution in [3.63, 3.8) is 0 Å². The molecule has 1 aromatic heterocycles. The van der Waals surface area contributed by atoms with E-state index in [-0.39, 0.29) is 25.0 Å². The fourth-order valence-electron chi connectivity index (χ4n) is 3.33. The van der Waals surface area contributed by atoms with Gasteiger partial charge in [0.15, 0.2) is 11.6 Å². The average molecular weight is 485 g/mol. The van der Waals surface area contributed by atoms with Crippen molar-refractivity contribution in [2.75, 3.05) is 6.54 Å². The number of aryl methyl sites for hydroxylation is 1. The van der Waals surface area contributed by atoms with Crippen molar-refractivity contribution in [2.24, 2.45) is 5.73 Å². The van der Waals surface area contributed by atoms with Crippen LogP contribution in [-0.4, -0.2) is 33.1 Å². The van der Waals surface area contributed by atoms with Crippen LogP contribution in [0.4, 0.5) is 8.78 Å². The fraction of sp³-hybridized carbons (Fsp3) is 0.286. The number of rotatable bonds is 7. The third kappa shape index (κ3) is 5.20. The number of allylic oxidation sites excluding steroid dienone is 3. The molecule has 5 nitrogen and oxygen atoms in total. The molecule has 1 heterocycles. The summed E-state index contributed by atoms with van der Waals surface area (Å²) in [5.41, 5.74) is 7.91. The molecule has 3 rings (SSSR count). The minimum Gasteiger partial charge on any atom is -0.348 e. The van der Waals surface area contributed by atoms with Crippen LogP contribution in [0.3, 0.4) is 0 Å². The molecule has 0 spiro atoms. The highest BCUT2D eigenvalue weighted by atomic mass is 35.5. The van der Waals surface area contributed by atoms with Crippen LogP contribution in [0.15, 0.2) is 41.1 Å². The summed E-state index contributed by atoms with van der Waals surface area (Å²) < 4.78 is 28.3. The highest BCUT2D eigenvalue weighted by molar-refractivity contribution is 7.81. The zero-order valence-electron chi connectivity index (χ0n) is 16.6. The Bertz CT molecular complexity index is 1100. The van der Waals surface area contributed by atoms with Crippen molar-refractivity contribution in [3.8, 4) is 0 Å². The van der Waals surface area contributed by atoms with Crippen molar-refractivity contribution in [2.45, 2.75) is 32.4 Å². The van der Waals surface area contributed by atoms with Crippen LogP contribution >= 0.6 is 35.4 Å². The number of nitrogens with zero attached hydrogens (tertiary/aromatic N) is 2. The molecule has 0 aliphatic heterocycles. The molecule has 0 saturated heterocycles. The van der Waals surface area contributed by atoms with E-state index in [4.69, 9.17) is 41.2 Å². The Kier molecular flexibility index (Phi) is 7.59. The number of carbonyl (C=O) groups is 1. The van der Waals surface area contributed by atoms with E-state index in [0.717, 1.165) is 12.1 Å². The van der Waals surface area contributed by atoms with E-state index in [9.17, 15) is 13.6 Å². The summed E-state index contributed by atoms with van der Waals surface area (Å²) in [5, 5.41) is 7.80. The molecule has 0 fully saturated rings. The Morgan fingerprint density at radius 2 is 2.10 bits per heavy atom. The Morgan fingerprint density at radius 3 is 2.74 bits per heavy atom. The number of hydrogen-bond acceptors (Lipinski definition) is 4. The minimum absolute atomic E-state index is 0.102. The molecule has 0 radical (unpaired) electrons. The second-order valence-corrected chi connectivity index (χ2v) is 8.31. The first-order valence-electron chi connectivity index (χ1n) is 9.55. The van der Waals surface area contributed by atoms with E-state index in [1.807, 2.05) is 6.92 Å². The molecule has 3 N–H and O–H groups in total. The minimum atomic E-state index is -0.954. The number of carbonyl (C=O) groups excluding carboxylic acids is 1. The van der Waals surface area contributed by atoms with Crippen LogP contribution in [0.1, 0.15) is 24.6 Å². The van der Waals surface area contributed by atoms with Crippen LogP contribution in [0.25, 0.3) is 5.57 Å². The van der Waals surface area contributed by atoms with E-state index < -0.39 is 23.6 Å². The predicted molar refractivity (Wildman–Crippen MR) is 122 cm³/mol. The first-order chi connectivity index (χ1) is 14.7. The standard InChI is InChI=1S/C21H20Cl2F2N4OS/c1-2-29-20(16(23)10-27-29)13-8-19(31)14(7-15(13)22)21(30)28-12(9-26)5-11-3-4-17(24)18(25)6-11/h3-4,6-7,10,12H,2,5,8-9,26H2,1H3,(H,28,30)/t12-/m0/s1. The number of nitrogens with one attached hydrogen (secondary N) is 1. The van der Waals surface area contributed by atoms with E-state index in [2.05, 4.69) is 10.4 Å². The van der Waals surface area contributed by atoms with Gasteiger partial charge in [-0.25, -0.2) is 8.78 Å². The van der Waals surface area contributed by atoms with Gasteiger partial charge in [-0.1, -0.05) is 41.5 Å². The summed E-state index contributed by atoms with van der Waals surface area (Å²) in [6, 6.07) is 3.07. The van der Waals surface area contributed by atoms with Crippen molar-refractivity contribution >= 4 is 51.8 Å². The predicted octanol–water partition coefficient (Wildman–Crippen LogP) is 4.17. The van der Waals surface area contributed by atoms with E-state index in [1.165, 1.54) is 18.3 Å². The number of nitrogens with two attached hydrogens (primary N) is 1. The number of halogens is 4. The molecule has 1 aliphatic carbocycles. The van der Waals surface area contributed by atoms with Gasteiger partial charge in [-0.2, -0.15) is 5.10 Å². The zero-order valence-corrected chi connectivity index (χ0v) is 18.9. The Labute approximate surface area is 193 Å². The Morgan fingerprint density at radius 1 is 1.35 bits per heavy atom. The molecular weight excluding hydrogens is 465 g/mol. The lowest BCUT2D eigenvalue weighted by Gasteiger charge is -2.22. The maximum atomic E-state index is 13.5. The fourth-order valence-corrected chi connectivity index (χ4v) is 4.15. The molecule has 0 saturated carbocycles. The van der Waals surface area contributed by atoms with Gasteiger partial charge in [0.25, 0.3) is 5.91 Å². The van der Waals surface area contributed by atoms with E-state index >= 15 is 0 Å². The summed E-state index contributed by atoms with van der Waals surface area (Å²) >= 11 is 18.2. The molecule has 0 unspecified atom stereocenters. The zero-order chi connectivity index (χ0) is 22.7. The summed E-state index contributed by atoms with van der Waals surface area (Å²) in [7, 11) is 0. The lowest BCUT2D eigenvalue weighted by molar-refractivity contribution is -0.117. The monoisotopic (exact) mass is 484 g/mol. The molecule has 1 aliphatic rings. The number of amides is 1. The highest BCUT2D eigenvalue weighted by Gasteiger charge is 2.27. The molecule has 164 valence electrons. The van der Waals surface area contributed by atoms with Gasteiger partial charge >= 0.3 is 0 Å². The molecule has 1 aromatic carbocycles. The molecule has 0 bridgehead atoms. The van der Waals surface area contributed by atoms with Gasteiger partial charge in [-0.3, -0.25) is 9.48 Å². The topological polar surface area (TPSA) is 72.9 Å². The van der Waals surface area contributed by atoms with Gasteiger partial charge in [0.1, 0.15) is 0 Å². The Balaban J connectivity index is 1.80. The highest BCUT2D eigenvalue weighted by Crippen LogP contribution is 2.36. The van der Waals surface area contributed by atoms with Crippen molar-refractivity contribution < 1.29 is 13.6 Å². The average Bonchev–Trinajstić information content (AvgIpc) is 3.11. The summed E-state index contributed by atoms with van der Waals surface area (Å²) in [6.45, 7) is 2.63. The number of benzene rings is 1. The largest absolute Gasteiger partial charge is 0.348 e. The van der Waals surface area contributed by atoms with Crippen LogP contribution in [0.2, 0.25) is 5.02 Å². The third-order valence-corrected chi connectivity index (χ3v) is 5.89. The second kappa shape index (κ2) is 9.99. The normalized spacial score (nSPS) is 15.2. The molecule has 31 heavy (non-hydrogen) atoms. The maximum Gasteiger partial charge on any atom is 0.252 e. The van der Waals surface area contributed by atoms with E-state index in [1.54, 1.807) is 4.68 Å². The summed E-state index contributed by atoms with van der Waals surface area (Å²) in [6.07, 6.45) is 3.54. The first-order valence-corrected chi connectivity index (χ1v) is 10.7. The number of hydrogen-bond donors (Lipinski definition) is 2. The summed E-state index contributed by atoms with van der Waals surface area (Å²) in [5.74, 6) is -2.32. The van der Waals surface area contributed by atoms with Gasteiger partial charge < -0.3 is 11.1 Å². The lowest BCUT2D eigenvalue weighted by Crippen LogP contribution is -2.43. The summed E-state index contributed by atoms with van der Waals surface area (Å²) in [4.78, 5) is 13.2. The van der Waals surface area contributed by atoms with Gasteiger partial charge in [-0.05, 0) is 37.1 Å². The van der Waals surface area contributed by atoms with Gasteiger partial charge in [0, 0.05) is 41.0 Å². The third-order valence-electron chi connectivity index (χ3n) is 4.91. The van der Waals surface area contributed by atoms with Crippen molar-refractivity contribution in [1.82, 2.24) is 15.1 Å². The molecular formula is C21H20Cl2F2N4OS.